The molecule has 1 fully saturated rings. The first kappa shape index (κ1) is 27.4. The smallest absolute Gasteiger partial charge is 0.309 e. The van der Waals surface area contributed by atoms with Gasteiger partial charge in [0.1, 0.15) is 15.4 Å². The van der Waals surface area contributed by atoms with E-state index in [-0.39, 0.29) is 29.3 Å². The van der Waals surface area contributed by atoms with Crippen LogP contribution in [0.4, 0.5) is 0 Å². The van der Waals surface area contributed by atoms with E-state index >= 15 is 0 Å². The molecule has 8 nitrogen and oxygen atoms in total. The molecule has 198 valence electrons. The highest BCUT2D eigenvalue weighted by atomic mass is 35.5. The number of halogens is 1. The van der Waals surface area contributed by atoms with Crippen LogP contribution in [0.2, 0.25) is 4.34 Å². The maximum absolute atomic E-state index is 13.6. The molecule has 1 unspecified atom stereocenters. The zero-order chi connectivity index (χ0) is 26.5. The molecule has 1 aromatic carbocycles. The third-order valence-electron chi connectivity index (χ3n) is 7.08. The zero-order valence-electron chi connectivity index (χ0n) is 21.3. The van der Waals surface area contributed by atoms with E-state index in [4.69, 9.17) is 11.6 Å². The van der Waals surface area contributed by atoms with Crippen molar-refractivity contribution >= 4 is 45.4 Å². The van der Waals surface area contributed by atoms with Gasteiger partial charge in [-0.1, -0.05) is 49.8 Å². The zero-order valence-corrected chi connectivity index (χ0v) is 22.9. The summed E-state index contributed by atoms with van der Waals surface area (Å²) in [4.78, 5) is 62.0. The second-order valence-corrected chi connectivity index (χ2v) is 11.9. The number of hydrogen-bond acceptors (Lipinski definition) is 7. The molecule has 0 saturated heterocycles. The fourth-order valence-corrected chi connectivity index (χ4v) is 6.11. The van der Waals surface area contributed by atoms with Crippen LogP contribution in [0.1, 0.15) is 72.8 Å². The number of H-pyrrole nitrogens is 1. The van der Waals surface area contributed by atoms with E-state index < -0.39 is 17.3 Å². The Morgan fingerprint density at radius 2 is 1.97 bits per heavy atom. The van der Waals surface area contributed by atoms with Crippen LogP contribution in [-0.2, 0) is 11.2 Å². The molecule has 10 heteroatoms. The van der Waals surface area contributed by atoms with Gasteiger partial charge in [-0.2, -0.15) is 0 Å². The number of fused-ring (bicyclic) bond motifs is 1. The summed E-state index contributed by atoms with van der Waals surface area (Å²) in [5.74, 6) is 0.00390. The average molecular weight is 545 g/mol. The SMILES string of the molecule is CN(C)CCCC(=O)c1ccc2c(=O)n(C(CC3CCCCC3)C(=O)Cc3ncc(Cl)s3)c(=O)[nH]c2c1. The fraction of sp³-hybridized carbons (Fsp3) is 0.519. The van der Waals surface area contributed by atoms with Crippen molar-refractivity contribution in [2.45, 2.75) is 63.8 Å². The average Bonchev–Trinajstić information content (AvgIpc) is 3.27. The Kier molecular flexibility index (Phi) is 9.10. The summed E-state index contributed by atoms with van der Waals surface area (Å²) in [6, 6.07) is 3.88. The molecule has 37 heavy (non-hydrogen) atoms. The molecule has 1 aliphatic carbocycles. The summed E-state index contributed by atoms with van der Waals surface area (Å²) in [5.41, 5.74) is -0.396. The van der Waals surface area contributed by atoms with Crippen LogP contribution >= 0.6 is 22.9 Å². The van der Waals surface area contributed by atoms with Crippen LogP contribution in [-0.4, -0.2) is 51.6 Å². The predicted molar refractivity (Wildman–Crippen MR) is 147 cm³/mol. The van der Waals surface area contributed by atoms with E-state index in [0.717, 1.165) is 43.2 Å². The van der Waals surface area contributed by atoms with Crippen molar-refractivity contribution < 1.29 is 9.59 Å². The van der Waals surface area contributed by atoms with Crippen LogP contribution in [0.5, 0.6) is 0 Å². The largest absolute Gasteiger partial charge is 0.329 e. The number of nitrogens with zero attached hydrogens (tertiary/aromatic N) is 3. The summed E-state index contributed by atoms with van der Waals surface area (Å²) in [5, 5.41) is 0.842. The van der Waals surface area contributed by atoms with Gasteiger partial charge in [-0.05, 0) is 51.5 Å². The van der Waals surface area contributed by atoms with Gasteiger partial charge >= 0.3 is 5.69 Å². The second kappa shape index (κ2) is 12.3. The summed E-state index contributed by atoms with van der Waals surface area (Å²) in [7, 11) is 3.91. The van der Waals surface area contributed by atoms with Gasteiger partial charge in [0.15, 0.2) is 11.6 Å². The lowest BCUT2D eigenvalue weighted by Gasteiger charge is -2.26. The molecule has 1 saturated carbocycles. The topological polar surface area (TPSA) is 105 Å². The number of aromatic amines is 1. The molecule has 0 aliphatic heterocycles. The lowest BCUT2D eigenvalue weighted by Crippen LogP contribution is -2.42. The van der Waals surface area contributed by atoms with Crippen LogP contribution in [0.3, 0.4) is 0 Å². The molecular formula is C27H33ClN4O4S. The molecule has 1 N–H and O–H groups in total. The predicted octanol–water partition coefficient (Wildman–Crippen LogP) is 4.65. The van der Waals surface area contributed by atoms with Gasteiger partial charge in [-0.3, -0.25) is 14.4 Å². The lowest BCUT2D eigenvalue weighted by atomic mass is 9.83. The lowest BCUT2D eigenvalue weighted by molar-refractivity contribution is -0.122. The van der Waals surface area contributed by atoms with Gasteiger partial charge in [0.05, 0.1) is 23.5 Å². The number of benzene rings is 1. The quantitative estimate of drug-likeness (QED) is 0.352. The standard InChI is InChI=1S/C27H33ClN4O4S/c1-31(2)12-6-9-22(33)18-10-11-19-20(14-18)30-27(36)32(26(19)35)21(13-17-7-4-3-5-8-17)23(34)15-25-29-16-24(28)37-25/h10-11,14,16-17,21H,3-9,12-13,15H2,1-2H3,(H,30,36). The number of carbonyl (C=O) groups is 2. The van der Waals surface area contributed by atoms with Crippen LogP contribution < -0.4 is 11.2 Å². The number of rotatable bonds is 11. The van der Waals surface area contributed by atoms with Crippen molar-refractivity contribution in [3.05, 3.63) is 60.1 Å². The van der Waals surface area contributed by atoms with Gasteiger partial charge in [0.2, 0.25) is 0 Å². The van der Waals surface area contributed by atoms with Gasteiger partial charge in [0, 0.05) is 12.0 Å². The van der Waals surface area contributed by atoms with Gasteiger partial charge < -0.3 is 9.88 Å². The van der Waals surface area contributed by atoms with Gasteiger partial charge in [-0.15, -0.1) is 11.3 Å². The highest BCUT2D eigenvalue weighted by Crippen LogP contribution is 2.31. The monoisotopic (exact) mass is 544 g/mol. The van der Waals surface area contributed by atoms with E-state index in [9.17, 15) is 19.2 Å². The van der Waals surface area contributed by atoms with E-state index in [0.29, 0.717) is 33.3 Å². The molecule has 0 radical (unpaired) electrons. The number of Topliss-reactive ketones (excluding diaryl/α,β-unsaturated/α-hetero) is 2. The summed E-state index contributed by atoms with van der Waals surface area (Å²) in [6.45, 7) is 0.796. The fourth-order valence-electron chi connectivity index (χ4n) is 5.14. The molecule has 0 amide bonds. The Morgan fingerprint density at radius 1 is 1.22 bits per heavy atom. The Labute approximate surface area is 224 Å². The third kappa shape index (κ3) is 6.83. The molecule has 2 aromatic heterocycles. The first-order chi connectivity index (χ1) is 17.7. The third-order valence-corrected chi connectivity index (χ3v) is 8.19. The molecule has 0 bridgehead atoms. The molecular weight excluding hydrogens is 512 g/mol. The molecule has 4 rings (SSSR count). The molecule has 2 heterocycles. The Hall–Kier alpha value is -2.62. The van der Waals surface area contributed by atoms with Crippen LogP contribution in [0, 0.1) is 5.92 Å². The van der Waals surface area contributed by atoms with E-state index in [2.05, 4.69) is 9.97 Å². The summed E-state index contributed by atoms with van der Waals surface area (Å²) in [6.07, 6.45) is 8.34. The minimum atomic E-state index is -0.890. The van der Waals surface area contributed by atoms with Crippen molar-refractivity contribution in [3.63, 3.8) is 0 Å². The molecule has 1 atom stereocenters. The summed E-state index contributed by atoms with van der Waals surface area (Å²) >= 11 is 7.22. The maximum atomic E-state index is 13.6. The first-order valence-corrected chi connectivity index (χ1v) is 14.0. The Bertz CT molecular complexity index is 1390. The van der Waals surface area contributed by atoms with E-state index in [1.165, 1.54) is 24.0 Å². The first-order valence-electron chi connectivity index (χ1n) is 12.8. The number of hydrogen-bond donors (Lipinski definition) is 1. The Balaban J connectivity index is 1.67. The minimum Gasteiger partial charge on any atom is -0.309 e. The minimum absolute atomic E-state index is 0.0130. The normalized spacial score (nSPS) is 15.4. The molecule has 1 aliphatic rings. The van der Waals surface area contributed by atoms with Gasteiger partial charge in [0.25, 0.3) is 5.56 Å². The highest BCUT2D eigenvalue weighted by Gasteiger charge is 2.29. The molecule has 3 aromatic rings. The van der Waals surface area contributed by atoms with Gasteiger partial charge in [-0.25, -0.2) is 14.3 Å². The van der Waals surface area contributed by atoms with Crippen molar-refractivity contribution in [1.29, 1.82) is 0 Å². The maximum Gasteiger partial charge on any atom is 0.329 e. The Morgan fingerprint density at radius 3 is 2.65 bits per heavy atom. The number of ketones is 2. The van der Waals surface area contributed by atoms with Crippen molar-refractivity contribution in [1.82, 2.24) is 19.4 Å². The van der Waals surface area contributed by atoms with Crippen LogP contribution in [0.15, 0.2) is 34.0 Å². The number of nitrogens with one attached hydrogen (secondary N) is 1. The van der Waals surface area contributed by atoms with E-state index in [1.807, 2.05) is 19.0 Å². The van der Waals surface area contributed by atoms with E-state index in [1.54, 1.807) is 18.2 Å². The number of carbonyl (C=O) groups excluding carboxylic acids is 2. The van der Waals surface area contributed by atoms with Crippen molar-refractivity contribution in [2.24, 2.45) is 5.92 Å². The number of aromatic nitrogens is 3. The van der Waals surface area contributed by atoms with Crippen LogP contribution in [0.25, 0.3) is 10.9 Å². The second-order valence-electron chi connectivity index (χ2n) is 10.2. The summed E-state index contributed by atoms with van der Waals surface area (Å²) < 4.78 is 1.56. The van der Waals surface area contributed by atoms with Crippen molar-refractivity contribution in [2.75, 3.05) is 20.6 Å². The molecule has 0 spiro atoms. The number of thiazole rings is 1. The highest BCUT2D eigenvalue weighted by molar-refractivity contribution is 7.15. The van der Waals surface area contributed by atoms with Crippen molar-refractivity contribution in [3.8, 4) is 0 Å².